The maximum Gasteiger partial charge on any atom is 0.234 e. The molecule has 2 aliphatic rings. The maximum absolute atomic E-state index is 13.3. The molecule has 2 N–H and O–H groups in total. The third kappa shape index (κ3) is 6.01. The van der Waals surface area contributed by atoms with Gasteiger partial charge in [-0.25, -0.2) is 0 Å². The molecule has 1 unspecified atom stereocenters. The van der Waals surface area contributed by atoms with Crippen LogP contribution in [0.15, 0.2) is 58.1 Å². The molecule has 0 bridgehead atoms. The number of nitrogens with one attached hydrogen (secondary N) is 2. The van der Waals surface area contributed by atoms with Crippen molar-refractivity contribution in [2.75, 3.05) is 13.2 Å². The molecule has 2 aliphatic heterocycles. The fourth-order valence-corrected chi connectivity index (χ4v) is 7.59. The number of nitrogens with zero attached hydrogens (tertiary/aromatic N) is 4. The van der Waals surface area contributed by atoms with Crippen molar-refractivity contribution in [3.63, 3.8) is 0 Å². The summed E-state index contributed by atoms with van der Waals surface area (Å²) in [7, 11) is 0. The first-order chi connectivity index (χ1) is 23.2. The van der Waals surface area contributed by atoms with Crippen molar-refractivity contribution >= 4 is 57.3 Å². The molecule has 1 saturated heterocycles. The van der Waals surface area contributed by atoms with Crippen molar-refractivity contribution in [2.24, 2.45) is 4.99 Å². The van der Waals surface area contributed by atoms with E-state index in [4.69, 9.17) is 25.7 Å². The minimum absolute atomic E-state index is 0.101. The van der Waals surface area contributed by atoms with Crippen LogP contribution in [0.1, 0.15) is 76.4 Å². The largest absolute Gasteiger partial charge is 0.494 e. The predicted octanol–water partition coefficient (Wildman–Crippen LogP) is 6.04. The van der Waals surface area contributed by atoms with Gasteiger partial charge in [-0.15, -0.1) is 21.5 Å². The molecule has 48 heavy (non-hydrogen) atoms. The molecule has 5 aromatic rings. The lowest BCUT2D eigenvalue weighted by atomic mass is 9.90. The Morgan fingerprint density at radius 3 is 2.75 bits per heavy atom. The van der Waals surface area contributed by atoms with Crippen LogP contribution >= 0.6 is 22.9 Å². The fourth-order valence-electron chi connectivity index (χ4n) is 6.25. The second-order valence-corrected chi connectivity index (χ2v) is 13.7. The van der Waals surface area contributed by atoms with E-state index in [2.05, 4.69) is 34.7 Å². The number of rotatable bonds is 9. The van der Waals surface area contributed by atoms with Crippen LogP contribution in [0.3, 0.4) is 0 Å². The van der Waals surface area contributed by atoms with E-state index in [-0.39, 0.29) is 30.6 Å². The van der Waals surface area contributed by atoms with Crippen molar-refractivity contribution in [2.45, 2.75) is 58.4 Å². The minimum Gasteiger partial charge on any atom is -0.494 e. The average molecular weight is 685 g/mol. The Morgan fingerprint density at radius 1 is 1.15 bits per heavy atom. The second kappa shape index (κ2) is 13.0. The van der Waals surface area contributed by atoms with E-state index in [0.29, 0.717) is 48.2 Å². The highest BCUT2D eigenvalue weighted by molar-refractivity contribution is 7.15. The van der Waals surface area contributed by atoms with Gasteiger partial charge in [-0.2, -0.15) is 0 Å². The zero-order chi connectivity index (χ0) is 33.5. The van der Waals surface area contributed by atoms with Gasteiger partial charge in [-0.3, -0.25) is 29.3 Å². The summed E-state index contributed by atoms with van der Waals surface area (Å²) >= 11 is 7.88. The lowest BCUT2D eigenvalue weighted by Crippen LogP contribution is -2.39. The first kappa shape index (κ1) is 31.8. The van der Waals surface area contributed by atoms with Gasteiger partial charge in [0.15, 0.2) is 5.82 Å². The highest BCUT2D eigenvalue weighted by atomic mass is 35.5. The number of hydrogen-bond acceptors (Lipinski definition) is 9. The number of thiophene rings is 1. The number of aliphatic imine (C=N–C) groups is 1. The monoisotopic (exact) mass is 684 g/mol. The number of hydrogen-bond donors (Lipinski definition) is 2. The summed E-state index contributed by atoms with van der Waals surface area (Å²) in [5.74, 6) is 0.808. The normalized spacial score (nSPS) is 17.4. The number of furan rings is 1. The van der Waals surface area contributed by atoms with E-state index < -0.39 is 12.0 Å². The molecule has 7 rings (SSSR count). The highest BCUT2D eigenvalue weighted by Crippen LogP contribution is 2.40. The third-order valence-corrected chi connectivity index (χ3v) is 10.3. The smallest absolute Gasteiger partial charge is 0.234 e. The van der Waals surface area contributed by atoms with Crippen LogP contribution in [0, 0.1) is 20.8 Å². The van der Waals surface area contributed by atoms with E-state index in [0.717, 1.165) is 44.2 Å². The van der Waals surface area contributed by atoms with Crippen LogP contribution in [0.2, 0.25) is 5.02 Å². The molecule has 2 aromatic carbocycles. The molecule has 0 saturated carbocycles. The summed E-state index contributed by atoms with van der Waals surface area (Å²) < 4.78 is 13.7. The molecule has 3 amide bonds. The van der Waals surface area contributed by atoms with Gasteiger partial charge < -0.3 is 14.5 Å². The van der Waals surface area contributed by atoms with Crippen molar-refractivity contribution in [1.82, 2.24) is 25.4 Å². The van der Waals surface area contributed by atoms with Gasteiger partial charge in [0, 0.05) is 44.9 Å². The molecular formula is C35H33ClN6O5S. The van der Waals surface area contributed by atoms with E-state index in [1.165, 1.54) is 4.88 Å². The molecule has 3 aromatic heterocycles. The number of carbonyl (C=O) groups is 3. The standard InChI is InChI=1S/C35H33ClN6O5S/c1-18-19(2)48-35-31(18)32(21-5-7-22(36)8-6-21)38-27(33-41-40-20(3)42(33)35)16-30(44)37-13-4-14-46-23-9-11-28-25(15-23)26(17-47-28)24-10-12-29(43)39-34(24)45/h5-9,11,15,17,24,27H,4,10,12-14,16H2,1-3H3,(H,37,44)(H,39,43,45)/t24?,27-/m0/s1. The number of halogens is 1. The van der Waals surface area contributed by atoms with Crippen LogP contribution in [-0.4, -0.2) is 51.3 Å². The topological polar surface area (TPSA) is 141 Å². The number of fused-ring (bicyclic) bond motifs is 4. The molecule has 0 spiro atoms. The summed E-state index contributed by atoms with van der Waals surface area (Å²) in [6, 6.07) is 12.5. The molecule has 11 nitrogen and oxygen atoms in total. The van der Waals surface area contributed by atoms with Gasteiger partial charge in [0.1, 0.15) is 28.2 Å². The van der Waals surface area contributed by atoms with Crippen molar-refractivity contribution in [1.29, 1.82) is 0 Å². The molecule has 0 radical (unpaired) electrons. The zero-order valence-electron chi connectivity index (χ0n) is 26.6. The number of aryl methyl sites for hydroxylation is 2. The van der Waals surface area contributed by atoms with Crippen molar-refractivity contribution in [3.05, 3.63) is 92.5 Å². The van der Waals surface area contributed by atoms with Gasteiger partial charge in [0.2, 0.25) is 17.7 Å². The highest BCUT2D eigenvalue weighted by Gasteiger charge is 2.33. The van der Waals surface area contributed by atoms with Crippen LogP contribution < -0.4 is 15.4 Å². The lowest BCUT2D eigenvalue weighted by molar-refractivity contribution is -0.134. The number of amides is 3. The van der Waals surface area contributed by atoms with E-state index in [1.54, 1.807) is 29.7 Å². The zero-order valence-corrected chi connectivity index (χ0v) is 28.2. The Balaban J connectivity index is 1.02. The Morgan fingerprint density at radius 2 is 1.96 bits per heavy atom. The van der Waals surface area contributed by atoms with Gasteiger partial charge >= 0.3 is 0 Å². The van der Waals surface area contributed by atoms with E-state index in [9.17, 15) is 14.4 Å². The Labute approximate surface area is 285 Å². The summed E-state index contributed by atoms with van der Waals surface area (Å²) in [6.07, 6.45) is 2.97. The Bertz CT molecular complexity index is 2100. The number of aromatic nitrogens is 3. The second-order valence-electron chi connectivity index (χ2n) is 12.0. The minimum atomic E-state index is -0.548. The number of imide groups is 1. The van der Waals surface area contributed by atoms with Gasteiger partial charge in [-0.1, -0.05) is 23.7 Å². The average Bonchev–Trinajstić information content (AvgIpc) is 3.71. The van der Waals surface area contributed by atoms with Crippen LogP contribution in [0.25, 0.3) is 16.0 Å². The number of ether oxygens (including phenoxy) is 1. The summed E-state index contributed by atoms with van der Waals surface area (Å²) in [5, 5.41) is 16.7. The summed E-state index contributed by atoms with van der Waals surface area (Å²) in [4.78, 5) is 43.7. The fraction of sp³-hybridized carbons (Fsp3) is 0.314. The molecule has 0 aliphatic carbocycles. The molecule has 246 valence electrons. The summed E-state index contributed by atoms with van der Waals surface area (Å²) in [5.41, 5.74) is 5.24. The SMILES string of the molecule is Cc1sc2c(c1C)C(c1ccc(Cl)cc1)=N[C@@H](CC(=O)NCCCOc1ccc3occ(C4CCC(=O)NC4=O)c3c1)c1nnc(C)n1-2. The van der Waals surface area contributed by atoms with E-state index >= 15 is 0 Å². The van der Waals surface area contributed by atoms with E-state index in [1.807, 2.05) is 41.8 Å². The Kier molecular flexibility index (Phi) is 8.61. The number of carbonyl (C=O) groups excluding carboxylic acids is 3. The first-order valence-corrected chi connectivity index (χ1v) is 17.0. The predicted molar refractivity (Wildman–Crippen MR) is 182 cm³/mol. The van der Waals surface area contributed by atoms with Crippen LogP contribution in [-0.2, 0) is 14.4 Å². The van der Waals surface area contributed by atoms with Crippen LogP contribution in [0.4, 0.5) is 0 Å². The molecule has 13 heteroatoms. The van der Waals surface area contributed by atoms with Crippen molar-refractivity contribution < 1.29 is 23.5 Å². The molecular weight excluding hydrogens is 652 g/mol. The maximum atomic E-state index is 13.3. The summed E-state index contributed by atoms with van der Waals surface area (Å²) in [6.45, 7) is 6.87. The first-order valence-electron chi connectivity index (χ1n) is 15.8. The number of benzene rings is 2. The lowest BCUT2D eigenvalue weighted by Gasteiger charge is -2.19. The Hall–Kier alpha value is -4.81. The third-order valence-electron chi connectivity index (χ3n) is 8.84. The van der Waals surface area contributed by atoms with Gasteiger partial charge in [0.25, 0.3) is 0 Å². The molecule has 1 fully saturated rings. The molecule has 2 atom stereocenters. The van der Waals surface area contributed by atoms with Crippen molar-refractivity contribution in [3.8, 4) is 10.8 Å². The molecule has 5 heterocycles. The number of piperidine rings is 1. The van der Waals surface area contributed by atoms with Crippen LogP contribution in [0.5, 0.6) is 5.75 Å². The quantitative estimate of drug-likeness (QED) is 0.142. The van der Waals surface area contributed by atoms with Gasteiger partial charge in [0.05, 0.1) is 30.9 Å². The van der Waals surface area contributed by atoms with Gasteiger partial charge in [-0.05, 0) is 69.5 Å².